The van der Waals surface area contributed by atoms with Crippen molar-refractivity contribution in [2.75, 3.05) is 6.61 Å². The molecule has 0 unspecified atom stereocenters. The van der Waals surface area contributed by atoms with E-state index in [4.69, 9.17) is 16.3 Å². The second kappa shape index (κ2) is 8.49. The van der Waals surface area contributed by atoms with Crippen LogP contribution in [0.5, 0.6) is 11.5 Å². The number of benzene rings is 2. The minimum atomic E-state index is -4.79. The summed E-state index contributed by atoms with van der Waals surface area (Å²) in [6.45, 7) is 2.14. The Balaban J connectivity index is 1.87. The van der Waals surface area contributed by atoms with Gasteiger partial charge in [0.1, 0.15) is 22.7 Å². The lowest BCUT2D eigenvalue weighted by atomic mass is 10.0. The highest BCUT2D eigenvalue weighted by atomic mass is 35.5. The van der Waals surface area contributed by atoms with Crippen molar-refractivity contribution in [3.05, 3.63) is 59.4 Å². The van der Waals surface area contributed by atoms with Crippen molar-refractivity contribution in [2.45, 2.75) is 37.7 Å². The summed E-state index contributed by atoms with van der Waals surface area (Å²) in [5.74, 6) is -0.931. The SMILES string of the molecule is CCOc1cccc(F)c1[C@H]1C[C@H](Cl)C(=O)N1Cc1ccc(OC(F)(F)F)cc1. The Labute approximate surface area is 170 Å². The summed E-state index contributed by atoms with van der Waals surface area (Å²) >= 11 is 6.15. The van der Waals surface area contributed by atoms with E-state index in [1.165, 1.54) is 29.2 Å². The fourth-order valence-electron chi connectivity index (χ4n) is 3.33. The molecule has 1 saturated heterocycles. The topological polar surface area (TPSA) is 38.8 Å². The van der Waals surface area contributed by atoms with Gasteiger partial charge >= 0.3 is 6.36 Å². The van der Waals surface area contributed by atoms with Gasteiger partial charge in [-0.3, -0.25) is 4.79 Å². The lowest BCUT2D eigenvalue weighted by molar-refractivity contribution is -0.274. The fraction of sp³-hybridized carbons (Fsp3) is 0.350. The van der Waals surface area contributed by atoms with Crippen LogP contribution < -0.4 is 9.47 Å². The first kappa shape index (κ1) is 21.2. The summed E-state index contributed by atoms with van der Waals surface area (Å²) in [6, 6.07) is 8.91. The number of halogens is 5. The van der Waals surface area contributed by atoms with E-state index in [-0.39, 0.29) is 30.2 Å². The quantitative estimate of drug-likeness (QED) is 0.466. The summed E-state index contributed by atoms with van der Waals surface area (Å²) in [7, 11) is 0. The highest BCUT2D eigenvalue weighted by Gasteiger charge is 2.41. The Hall–Kier alpha value is -2.48. The van der Waals surface area contributed by atoms with Gasteiger partial charge < -0.3 is 14.4 Å². The minimum Gasteiger partial charge on any atom is -0.493 e. The normalized spacial score (nSPS) is 19.5. The molecule has 0 bridgehead atoms. The summed E-state index contributed by atoms with van der Waals surface area (Å²) in [6.07, 6.45) is -4.60. The van der Waals surface area contributed by atoms with Crippen molar-refractivity contribution in [3.63, 3.8) is 0 Å². The molecule has 1 aliphatic heterocycles. The molecule has 4 nitrogen and oxygen atoms in total. The Bertz CT molecular complexity index is 873. The zero-order valence-corrected chi connectivity index (χ0v) is 16.1. The van der Waals surface area contributed by atoms with E-state index in [2.05, 4.69) is 4.74 Å². The predicted octanol–water partition coefficient (Wildman–Crippen LogP) is 5.20. The average Bonchev–Trinajstić information content (AvgIpc) is 2.91. The molecule has 0 aromatic heterocycles. The van der Waals surface area contributed by atoms with Crippen LogP contribution in [0, 0.1) is 5.82 Å². The lowest BCUT2D eigenvalue weighted by Gasteiger charge is -2.27. The van der Waals surface area contributed by atoms with E-state index >= 15 is 0 Å². The van der Waals surface area contributed by atoms with Gasteiger partial charge in [-0.2, -0.15) is 0 Å². The maximum absolute atomic E-state index is 14.6. The summed E-state index contributed by atoms with van der Waals surface area (Å²) in [5, 5.41) is -0.832. The molecule has 29 heavy (non-hydrogen) atoms. The molecule has 9 heteroatoms. The number of hydrogen-bond donors (Lipinski definition) is 0. The summed E-state index contributed by atoms with van der Waals surface area (Å²) in [5.41, 5.74) is 0.792. The van der Waals surface area contributed by atoms with E-state index < -0.39 is 23.6 Å². The van der Waals surface area contributed by atoms with Crippen LogP contribution in [0.15, 0.2) is 42.5 Å². The monoisotopic (exact) mass is 431 g/mol. The van der Waals surface area contributed by atoms with Gasteiger partial charge in [0.25, 0.3) is 0 Å². The van der Waals surface area contributed by atoms with Gasteiger partial charge in [-0.05, 0) is 43.2 Å². The maximum atomic E-state index is 14.6. The zero-order valence-electron chi connectivity index (χ0n) is 15.4. The molecule has 2 aromatic rings. The lowest BCUT2D eigenvalue weighted by Crippen LogP contribution is -2.30. The fourth-order valence-corrected chi connectivity index (χ4v) is 3.63. The van der Waals surface area contributed by atoms with Crippen LogP contribution in [0.3, 0.4) is 0 Å². The molecule has 1 heterocycles. The zero-order chi connectivity index (χ0) is 21.2. The number of nitrogens with zero attached hydrogens (tertiary/aromatic N) is 1. The van der Waals surface area contributed by atoms with E-state index in [1.807, 2.05) is 0 Å². The third-order valence-electron chi connectivity index (χ3n) is 4.51. The van der Waals surface area contributed by atoms with Crippen molar-refractivity contribution in [2.24, 2.45) is 0 Å². The van der Waals surface area contributed by atoms with Crippen molar-refractivity contribution < 1.29 is 31.8 Å². The van der Waals surface area contributed by atoms with Crippen molar-refractivity contribution in [3.8, 4) is 11.5 Å². The van der Waals surface area contributed by atoms with Gasteiger partial charge in [0.05, 0.1) is 18.2 Å². The smallest absolute Gasteiger partial charge is 0.493 e. The van der Waals surface area contributed by atoms with Crippen molar-refractivity contribution in [1.82, 2.24) is 4.90 Å². The standard InChI is InChI=1S/C20H18ClF4NO3/c1-2-28-17-5-3-4-15(22)18(17)16-10-14(21)19(27)26(16)11-12-6-8-13(9-7-12)29-20(23,24)25/h3-9,14,16H,2,10-11H2,1H3/t14-,16+/m0/s1. The second-order valence-corrected chi connectivity index (χ2v) is 6.99. The van der Waals surface area contributed by atoms with Gasteiger partial charge in [0.2, 0.25) is 5.91 Å². The first-order valence-corrected chi connectivity index (χ1v) is 9.33. The van der Waals surface area contributed by atoms with Gasteiger partial charge in [0, 0.05) is 6.54 Å². The van der Waals surface area contributed by atoms with Crippen molar-refractivity contribution >= 4 is 17.5 Å². The molecule has 0 N–H and O–H groups in total. The molecule has 2 atom stereocenters. The molecule has 156 valence electrons. The van der Waals surface area contributed by atoms with Crippen LogP contribution in [0.4, 0.5) is 17.6 Å². The Kier molecular flexibility index (Phi) is 6.21. The van der Waals surface area contributed by atoms with Crippen LogP contribution in [-0.2, 0) is 11.3 Å². The first-order chi connectivity index (χ1) is 13.7. The minimum absolute atomic E-state index is 0.0545. The number of carbonyl (C=O) groups is 1. The molecule has 0 radical (unpaired) electrons. The molecule has 1 fully saturated rings. The third kappa shape index (κ3) is 4.93. The maximum Gasteiger partial charge on any atom is 0.573 e. The third-order valence-corrected chi connectivity index (χ3v) is 4.88. The molecule has 2 aromatic carbocycles. The largest absolute Gasteiger partial charge is 0.573 e. The Morgan fingerprint density at radius 3 is 2.48 bits per heavy atom. The highest BCUT2D eigenvalue weighted by Crippen LogP contribution is 2.41. The molecule has 1 aliphatic rings. The molecule has 1 amide bonds. The van der Waals surface area contributed by atoms with E-state index in [1.54, 1.807) is 13.0 Å². The van der Waals surface area contributed by atoms with Crippen LogP contribution in [0.1, 0.15) is 30.5 Å². The van der Waals surface area contributed by atoms with Crippen LogP contribution in [0.2, 0.25) is 0 Å². The van der Waals surface area contributed by atoms with E-state index in [9.17, 15) is 22.4 Å². The van der Waals surface area contributed by atoms with Gasteiger partial charge in [-0.25, -0.2) is 4.39 Å². The molecule has 3 rings (SSSR count). The Morgan fingerprint density at radius 1 is 1.17 bits per heavy atom. The van der Waals surface area contributed by atoms with Crippen molar-refractivity contribution in [1.29, 1.82) is 0 Å². The van der Waals surface area contributed by atoms with Gasteiger partial charge in [-0.1, -0.05) is 18.2 Å². The molecular weight excluding hydrogens is 414 g/mol. The second-order valence-electron chi connectivity index (χ2n) is 6.46. The molecular formula is C20H18ClF4NO3. The number of likely N-dealkylation sites (tertiary alicyclic amines) is 1. The number of carbonyl (C=O) groups excluding carboxylic acids is 1. The number of hydrogen-bond acceptors (Lipinski definition) is 3. The highest BCUT2D eigenvalue weighted by molar-refractivity contribution is 6.31. The van der Waals surface area contributed by atoms with Crippen LogP contribution in [0.25, 0.3) is 0 Å². The Morgan fingerprint density at radius 2 is 1.86 bits per heavy atom. The number of alkyl halides is 4. The number of rotatable bonds is 6. The summed E-state index contributed by atoms with van der Waals surface area (Å²) in [4.78, 5) is 14.0. The molecule has 0 aliphatic carbocycles. The van der Waals surface area contributed by atoms with Crippen LogP contribution >= 0.6 is 11.6 Å². The van der Waals surface area contributed by atoms with Crippen LogP contribution in [-0.4, -0.2) is 29.2 Å². The van der Waals surface area contributed by atoms with Gasteiger partial charge in [-0.15, -0.1) is 24.8 Å². The van der Waals surface area contributed by atoms with E-state index in [0.29, 0.717) is 17.9 Å². The summed E-state index contributed by atoms with van der Waals surface area (Å²) < 4.78 is 60.9. The first-order valence-electron chi connectivity index (χ1n) is 8.90. The predicted molar refractivity (Wildman–Crippen MR) is 98.2 cm³/mol. The average molecular weight is 432 g/mol. The molecule has 0 saturated carbocycles. The number of ether oxygens (including phenoxy) is 2. The number of amides is 1. The molecule has 0 spiro atoms. The van der Waals surface area contributed by atoms with Gasteiger partial charge in [0.15, 0.2) is 0 Å². The van der Waals surface area contributed by atoms with E-state index in [0.717, 1.165) is 12.1 Å².